The van der Waals surface area contributed by atoms with Crippen LogP contribution < -0.4 is 10.6 Å². The predicted molar refractivity (Wildman–Crippen MR) is 257 cm³/mol. The standard InChI is InChI=1S/C49H77Cl3N2O13/c1-6-9-11-13-15-16-17-18-23-27-38(64-40(55)28-24-19-14-12-10-7-2)30-41(56)66-44-42(54-47(58)62-35-49(50,51)52)45(65-39-34-63-48(4,5)67-43(39)44)61-33-37(53-46(57)60-29-8-3)32-59-31-36-25-21-20-22-26-36/h8,20-22,25-26,37-39,42-45H,3,6-7,9-19,23-24,27-35H2,1-2,4-5H3,(H,53,57)(H,54,58)/t37-,38+,39+,42+,43+,44+,45?/m0/s1. The van der Waals surface area contributed by atoms with Gasteiger partial charge in [0.25, 0.3) is 0 Å². The molecule has 2 saturated heterocycles. The SMILES string of the molecule is C=CCOC(=O)N[C@@H](COCc1ccccc1)COC1O[C@@H]2COC(C)(C)O[C@H]2[C@H](OC(=O)C[C@@H](CCCCCCCCCCC)OC(=O)CCCCCCCC)[C@H]1NC(=O)OCC(Cl)(Cl)Cl. The van der Waals surface area contributed by atoms with Gasteiger partial charge in [-0.05, 0) is 38.7 Å². The van der Waals surface area contributed by atoms with Crippen LogP contribution in [-0.2, 0) is 58.8 Å². The minimum atomic E-state index is -1.93. The average molecular weight is 1010 g/mol. The Labute approximate surface area is 413 Å². The molecule has 18 heteroatoms. The van der Waals surface area contributed by atoms with Crippen LogP contribution in [0.1, 0.15) is 149 Å². The van der Waals surface area contributed by atoms with Crippen molar-refractivity contribution in [2.45, 2.75) is 202 Å². The van der Waals surface area contributed by atoms with Crippen molar-refractivity contribution >= 4 is 58.9 Å². The molecule has 2 N–H and O–H groups in total. The molecule has 3 rings (SSSR count). The van der Waals surface area contributed by atoms with Crippen LogP contribution in [0, 0.1) is 0 Å². The van der Waals surface area contributed by atoms with Crippen LogP contribution >= 0.6 is 34.8 Å². The van der Waals surface area contributed by atoms with Crippen LogP contribution in [0.15, 0.2) is 43.0 Å². The maximum absolute atomic E-state index is 14.2. The summed E-state index contributed by atoms with van der Waals surface area (Å²) >= 11 is 17.7. The van der Waals surface area contributed by atoms with Crippen molar-refractivity contribution in [3.8, 4) is 0 Å². The fourth-order valence-electron chi connectivity index (χ4n) is 7.73. The smallest absolute Gasteiger partial charge is 0.407 e. The van der Waals surface area contributed by atoms with E-state index in [4.69, 9.17) is 77.4 Å². The van der Waals surface area contributed by atoms with Crippen LogP contribution in [0.5, 0.6) is 0 Å². The zero-order valence-corrected chi connectivity index (χ0v) is 42.4. The summed E-state index contributed by atoms with van der Waals surface area (Å²) in [4.78, 5) is 53.5. The van der Waals surface area contributed by atoms with E-state index in [1.807, 2.05) is 30.3 Å². The van der Waals surface area contributed by atoms with Gasteiger partial charge < -0.3 is 53.3 Å². The summed E-state index contributed by atoms with van der Waals surface area (Å²) in [6.45, 7) is 10.7. The lowest BCUT2D eigenvalue weighted by Gasteiger charge is -2.50. The molecule has 2 aliphatic rings. The third kappa shape index (κ3) is 25.5. The molecule has 0 spiro atoms. The first kappa shape index (κ1) is 58.4. The number of ether oxygens (including phenoxy) is 9. The van der Waals surface area contributed by atoms with Gasteiger partial charge in [0.15, 0.2) is 18.2 Å². The van der Waals surface area contributed by atoms with E-state index in [-0.39, 0.29) is 51.8 Å². The summed E-state index contributed by atoms with van der Waals surface area (Å²) in [7, 11) is 0. The first-order valence-electron chi connectivity index (χ1n) is 24.3. The van der Waals surface area contributed by atoms with E-state index in [1.54, 1.807) is 13.8 Å². The quantitative estimate of drug-likeness (QED) is 0.0224. The fraction of sp³-hybridized carbons (Fsp3) is 0.755. The lowest BCUT2D eigenvalue weighted by atomic mass is 9.95. The molecule has 15 nitrogen and oxygen atoms in total. The second-order valence-electron chi connectivity index (χ2n) is 17.7. The van der Waals surface area contributed by atoms with Crippen molar-refractivity contribution in [3.05, 3.63) is 48.6 Å². The van der Waals surface area contributed by atoms with Crippen LogP contribution in [0.4, 0.5) is 9.59 Å². The zero-order chi connectivity index (χ0) is 48.9. The van der Waals surface area contributed by atoms with Crippen LogP contribution in [0.25, 0.3) is 0 Å². The Kier molecular flexibility index (Phi) is 28.6. The van der Waals surface area contributed by atoms with Crippen molar-refractivity contribution in [2.75, 3.05) is 33.0 Å². The van der Waals surface area contributed by atoms with Crippen molar-refractivity contribution in [2.24, 2.45) is 0 Å². The molecule has 2 heterocycles. The minimum Gasteiger partial charge on any atom is -0.462 e. The van der Waals surface area contributed by atoms with Gasteiger partial charge in [0.1, 0.15) is 37.6 Å². The van der Waals surface area contributed by atoms with Gasteiger partial charge >= 0.3 is 24.1 Å². The largest absolute Gasteiger partial charge is 0.462 e. The lowest BCUT2D eigenvalue weighted by molar-refractivity contribution is -0.369. The number of alkyl halides is 3. The summed E-state index contributed by atoms with van der Waals surface area (Å²) < 4.78 is 51.7. The maximum atomic E-state index is 14.2. The number of carbonyl (C=O) groups excluding carboxylic acids is 4. The third-order valence-corrected chi connectivity index (χ3v) is 11.5. The minimum absolute atomic E-state index is 0.00301. The second kappa shape index (κ2) is 32.8. The average Bonchev–Trinajstić information content (AvgIpc) is 3.28. The Hall–Kier alpha value is -2.89. The third-order valence-electron chi connectivity index (χ3n) is 11.2. The van der Waals surface area contributed by atoms with Crippen LogP contribution in [0.2, 0.25) is 0 Å². The van der Waals surface area contributed by atoms with Crippen LogP contribution in [0.3, 0.4) is 0 Å². The van der Waals surface area contributed by atoms with Crippen molar-refractivity contribution in [3.63, 3.8) is 0 Å². The molecule has 1 unspecified atom stereocenters. The van der Waals surface area contributed by atoms with Crippen molar-refractivity contribution in [1.82, 2.24) is 10.6 Å². The highest BCUT2D eigenvalue weighted by Crippen LogP contribution is 2.35. The number of benzene rings is 1. The number of alkyl carbamates (subject to hydrolysis) is 2. The Morgan fingerprint density at radius 2 is 1.49 bits per heavy atom. The highest BCUT2D eigenvalue weighted by molar-refractivity contribution is 6.67. The van der Waals surface area contributed by atoms with Gasteiger partial charge in [-0.3, -0.25) is 9.59 Å². The Morgan fingerprint density at radius 3 is 2.13 bits per heavy atom. The molecule has 0 saturated carbocycles. The van der Waals surface area contributed by atoms with Gasteiger partial charge in [-0.15, -0.1) is 0 Å². The van der Waals surface area contributed by atoms with E-state index in [2.05, 4.69) is 31.1 Å². The first-order valence-corrected chi connectivity index (χ1v) is 25.4. The maximum Gasteiger partial charge on any atom is 0.407 e. The summed E-state index contributed by atoms with van der Waals surface area (Å²) in [5.41, 5.74) is 0.906. The highest BCUT2D eigenvalue weighted by atomic mass is 35.6. The lowest BCUT2D eigenvalue weighted by Crippen LogP contribution is -2.69. The molecule has 1 aromatic carbocycles. The monoisotopic (exact) mass is 1010 g/mol. The summed E-state index contributed by atoms with van der Waals surface area (Å²) in [5.74, 6) is -2.21. The van der Waals surface area contributed by atoms with Gasteiger partial charge in [-0.1, -0.05) is 175 Å². The number of unbranched alkanes of at least 4 members (excludes halogenated alkanes) is 13. The highest BCUT2D eigenvalue weighted by Gasteiger charge is 2.54. The van der Waals surface area contributed by atoms with Gasteiger partial charge in [0.2, 0.25) is 3.79 Å². The summed E-state index contributed by atoms with van der Waals surface area (Å²) in [6, 6.07) is 7.36. The molecule has 2 fully saturated rings. The molecular weight excluding hydrogens is 931 g/mol. The molecule has 67 heavy (non-hydrogen) atoms. The molecule has 7 atom stereocenters. The molecule has 1 aromatic rings. The Morgan fingerprint density at radius 1 is 0.851 bits per heavy atom. The normalized spacial score (nSPS) is 21.0. The van der Waals surface area contributed by atoms with Crippen LogP contribution in [-0.4, -0.2) is 110 Å². The zero-order valence-electron chi connectivity index (χ0n) is 40.1. The van der Waals surface area contributed by atoms with Gasteiger partial charge in [-0.25, -0.2) is 9.59 Å². The number of amides is 2. The number of nitrogens with one attached hydrogen (secondary N) is 2. The molecule has 0 aliphatic carbocycles. The number of rotatable bonds is 33. The van der Waals surface area contributed by atoms with Gasteiger partial charge in [-0.2, -0.15) is 0 Å². The number of carbonyl (C=O) groups is 4. The summed E-state index contributed by atoms with van der Waals surface area (Å²) in [5, 5.41) is 5.42. The molecule has 0 aromatic heterocycles. The van der Waals surface area contributed by atoms with E-state index >= 15 is 0 Å². The van der Waals surface area contributed by atoms with Gasteiger partial charge in [0.05, 0.1) is 38.9 Å². The fourth-order valence-corrected chi connectivity index (χ4v) is 7.89. The second-order valence-corrected chi connectivity index (χ2v) is 20.2. The predicted octanol–water partition coefficient (Wildman–Crippen LogP) is 10.7. The summed E-state index contributed by atoms with van der Waals surface area (Å²) in [6.07, 6.45) is 10.9. The molecule has 0 bridgehead atoms. The van der Waals surface area contributed by atoms with E-state index in [0.29, 0.717) is 12.8 Å². The topological polar surface area (TPSA) is 175 Å². The van der Waals surface area contributed by atoms with E-state index < -0.39 is 77.1 Å². The van der Waals surface area contributed by atoms with E-state index in [9.17, 15) is 19.2 Å². The number of fused-ring (bicyclic) bond motifs is 1. The number of halogens is 3. The van der Waals surface area contributed by atoms with E-state index in [0.717, 1.165) is 63.4 Å². The number of hydrogen-bond donors (Lipinski definition) is 2. The van der Waals surface area contributed by atoms with Crippen molar-refractivity contribution < 1.29 is 61.8 Å². The first-order chi connectivity index (χ1) is 32.1. The molecule has 0 radical (unpaired) electrons. The molecule has 2 amide bonds. The molecular formula is C49H77Cl3N2O13. The van der Waals surface area contributed by atoms with Crippen molar-refractivity contribution in [1.29, 1.82) is 0 Å². The Balaban J connectivity index is 1.85. The van der Waals surface area contributed by atoms with E-state index in [1.165, 1.54) is 38.2 Å². The number of esters is 2. The van der Waals surface area contributed by atoms with Gasteiger partial charge in [0, 0.05) is 6.42 Å². The molecule has 2 aliphatic heterocycles. The number of hydrogen-bond acceptors (Lipinski definition) is 13. The molecule has 382 valence electrons. The Bertz CT molecular complexity index is 1570.